The number of rotatable bonds is 7. The van der Waals surface area contributed by atoms with Gasteiger partial charge < -0.3 is 10.6 Å². The quantitative estimate of drug-likeness (QED) is 0.769. The number of nitrogens with one attached hydrogen (secondary N) is 2. The third-order valence-corrected chi connectivity index (χ3v) is 3.56. The number of carbonyl (C=O) groups is 1. The molecule has 2 N–H and O–H groups in total. The SMILES string of the molecule is C=CCNc1cc(C(=O)Nc2c(CC)cccc2CC)ncn1. The molecule has 0 aliphatic carbocycles. The van der Waals surface area contributed by atoms with E-state index in [4.69, 9.17) is 0 Å². The van der Waals surface area contributed by atoms with Crippen molar-refractivity contribution in [1.29, 1.82) is 0 Å². The maximum atomic E-state index is 12.5. The fourth-order valence-electron chi connectivity index (χ4n) is 2.34. The largest absolute Gasteiger partial charge is 0.366 e. The van der Waals surface area contributed by atoms with E-state index in [1.54, 1.807) is 12.1 Å². The predicted molar refractivity (Wildman–Crippen MR) is 93.9 cm³/mol. The average molecular weight is 310 g/mol. The first-order chi connectivity index (χ1) is 11.2. The van der Waals surface area contributed by atoms with Crippen LogP contribution < -0.4 is 10.6 Å². The summed E-state index contributed by atoms with van der Waals surface area (Å²) in [6.07, 6.45) is 4.83. The van der Waals surface area contributed by atoms with E-state index in [0.717, 1.165) is 29.7 Å². The fourth-order valence-corrected chi connectivity index (χ4v) is 2.34. The average Bonchev–Trinajstić information content (AvgIpc) is 2.60. The Kier molecular flexibility index (Phi) is 5.86. The molecule has 0 radical (unpaired) electrons. The number of nitrogens with zero attached hydrogens (tertiary/aromatic N) is 2. The number of hydrogen-bond acceptors (Lipinski definition) is 4. The molecule has 5 heteroatoms. The summed E-state index contributed by atoms with van der Waals surface area (Å²) in [6.45, 7) is 8.37. The highest BCUT2D eigenvalue weighted by Crippen LogP contribution is 2.23. The summed E-state index contributed by atoms with van der Waals surface area (Å²) < 4.78 is 0. The van der Waals surface area contributed by atoms with Crippen molar-refractivity contribution in [3.05, 3.63) is 60.1 Å². The third kappa shape index (κ3) is 4.16. The van der Waals surface area contributed by atoms with Crippen molar-refractivity contribution in [2.24, 2.45) is 0 Å². The zero-order valence-corrected chi connectivity index (χ0v) is 13.6. The monoisotopic (exact) mass is 310 g/mol. The van der Waals surface area contributed by atoms with Gasteiger partial charge in [0, 0.05) is 18.3 Å². The minimum Gasteiger partial charge on any atom is -0.366 e. The Morgan fingerprint density at radius 3 is 2.52 bits per heavy atom. The van der Waals surface area contributed by atoms with Crippen LogP contribution in [0.2, 0.25) is 0 Å². The zero-order valence-electron chi connectivity index (χ0n) is 13.6. The van der Waals surface area contributed by atoms with Crippen LogP contribution in [0.25, 0.3) is 0 Å². The number of aryl methyl sites for hydroxylation is 2. The molecule has 1 aromatic heterocycles. The van der Waals surface area contributed by atoms with E-state index in [-0.39, 0.29) is 5.91 Å². The first-order valence-corrected chi connectivity index (χ1v) is 7.78. The molecule has 5 nitrogen and oxygen atoms in total. The van der Waals surface area contributed by atoms with Gasteiger partial charge in [0.15, 0.2) is 0 Å². The number of amides is 1. The molecular formula is C18H22N4O. The number of benzene rings is 1. The maximum Gasteiger partial charge on any atom is 0.274 e. The van der Waals surface area contributed by atoms with Gasteiger partial charge in [-0.3, -0.25) is 4.79 Å². The Balaban J connectivity index is 2.24. The lowest BCUT2D eigenvalue weighted by Crippen LogP contribution is -2.17. The van der Waals surface area contributed by atoms with Crippen LogP contribution in [0.4, 0.5) is 11.5 Å². The van der Waals surface area contributed by atoms with Gasteiger partial charge in [0.1, 0.15) is 17.8 Å². The summed E-state index contributed by atoms with van der Waals surface area (Å²) in [5.41, 5.74) is 3.47. The molecule has 1 aromatic carbocycles. The van der Waals surface area contributed by atoms with E-state index in [9.17, 15) is 4.79 Å². The molecule has 23 heavy (non-hydrogen) atoms. The molecule has 120 valence electrons. The highest BCUT2D eigenvalue weighted by atomic mass is 16.1. The van der Waals surface area contributed by atoms with Crippen molar-refractivity contribution >= 4 is 17.4 Å². The van der Waals surface area contributed by atoms with Gasteiger partial charge in [-0.25, -0.2) is 9.97 Å². The summed E-state index contributed by atoms with van der Waals surface area (Å²) in [6, 6.07) is 7.73. The molecule has 2 rings (SSSR count). The molecule has 0 atom stereocenters. The first kappa shape index (κ1) is 16.7. The third-order valence-electron chi connectivity index (χ3n) is 3.56. The molecule has 0 fully saturated rings. The van der Waals surface area contributed by atoms with E-state index in [2.05, 4.69) is 41.0 Å². The van der Waals surface area contributed by atoms with Crippen molar-refractivity contribution in [1.82, 2.24) is 9.97 Å². The van der Waals surface area contributed by atoms with E-state index in [1.165, 1.54) is 6.33 Å². The van der Waals surface area contributed by atoms with Crippen LogP contribution in [-0.2, 0) is 12.8 Å². The standard InChI is InChI=1S/C18H22N4O/c1-4-10-19-16-11-15(20-12-21-16)18(23)22-17-13(5-2)8-7-9-14(17)6-3/h4,7-9,11-12H,1,5-6,10H2,2-3H3,(H,22,23)(H,19,20,21). The topological polar surface area (TPSA) is 66.9 Å². The van der Waals surface area contributed by atoms with Crippen LogP contribution in [-0.4, -0.2) is 22.4 Å². The van der Waals surface area contributed by atoms with Gasteiger partial charge in [0.2, 0.25) is 0 Å². The number of hydrogen-bond donors (Lipinski definition) is 2. The van der Waals surface area contributed by atoms with E-state index in [1.807, 2.05) is 18.2 Å². The maximum absolute atomic E-state index is 12.5. The van der Waals surface area contributed by atoms with Gasteiger partial charge >= 0.3 is 0 Å². The second kappa shape index (κ2) is 8.08. The Hall–Kier alpha value is -2.69. The number of aromatic nitrogens is 2. The van der Waals surface area contributed by atoms with Crippen LogP contribution in [0.15, 0.2) is 43.2 Å². The van der Waals surface area contributed by atoms with Crippen molar-refractivity contribution < 1.29 is 4.79 Å². The summed E-state index contributed by atoms with van der Waals surface area (Å²) in [7, 11) is 0. The van der Waals surface area contributed by atoms with Crippen LogP contribution in [0, 0.1) is 0 Å². The molecule has 0 saturated heterocycles. The van der Waals surface area contributed by atoms with Crippen molar-refractivity contribution in [3.8, 4) is 0 Å². The summed E-state index contributed by atoms with van der Waals surface area (Å²) in [5, 5.41) is 6.05. The van der Waals surface area contributed by atoms with Gasteiger partial charge in [-0.05, 0) is 24.0 Å². The lowest BCUT2D eigenvalue weighted by atomic mass is 10.0. The second-order valence-corrected chi connectivity index (χ2v) is 5.07. The van der Waals surface area contributed by atoms with Gasteiger partial charge in [0.25, 0.3) is 5.91 Å². The highest BCUT2D eigenvalue weighted by molar-refractivity contribution is 6.04. The Bertz CT molecular complexity index is 675. The number of anilines is 2. The summed E-state index contributed by atoms with van der Waals surface area (Å²) >= 11 is 0. The fraction of sp³-hybridized carbons (Fsp3) is 0.278. The van der Waals surface area contributed by atoms with E-state index < -0.39 is 0 Å². The van der Waals surface area contributed by atoms with Crippen molar-refractivity contribution in [3.63, 3.8) is 0 Å². The normalized spacial score (nSPS) is 10.2. The van der Waals surface area contributed by atoms with Crippen LogP contribution in [0.5, 0.6) is 0 Å². The van der Waals surface area contributed by atoms with Crippen molar-refractivity contribution in [2.75, 3.05) is 17.2 Å². The van der Waals surface area contributed by atoms with Crippen LogP contribution in [0.1, 0.15) is 35.5 Å². The molecule has 2 aromatic rings. The molecule has 0 bridgehead atoms. The summed E-state index contributed by atoms with van der Waals surface area (Å²) in [5.74, 6) is 0.370. The molecule has 0 saturated carbocycles. The molecular weight excluding hydrogens is 288 g/mol. The van der Waals surface area contributed by atoms with Crippen molar-refractivity contribution in [2.45, 2.75) is 26.7 Å². The molecule has 0 aliphatic rings. The summed E-state index contributed by atoms with van der Waals surface area (Å²) in [4.78, 5) is 20.7. The predicted octanol–water partition coefficient (Wildman–Crippen LogP) is 3.45. The van der Waals surface area contributed by atoms with Crippen LogP contribution in [0.3, 0.4) is 0 Å². The smallest absolute Gasteiger partial charge is 0.274 e. The zero-order chi connectivity index (χ0) is 16.7. The second-order valence-electron chi connectivity index (χ2n) is 5.07. The van der Waals surface area contributed by atoms with Crippen LogP contribution >= 0.6 is 0 Å². The lowest BCUT2D eigenvalue weighted by Gasteiger charge is -2.14. The molecule has 0 unspecified atom stereocenters. The lowest BCUT2D eigenvalue weighted by molar-refractivity contribution is 0.102. The van der Waals surface area contributed by atoms with Gasteiger partial charge in [-0.1, -0.05) is 38.1 Å². The van der Waals surface area contributed by atoms with Gasteiger partial charge in [0.05, 0.1) is 0 Å². The van der Waals surface area contributed by atoms with Gasteiger partial charge in [-0.2, -0.15) is 0 Å². The number of carbonyl (C=O) groups excluding carboxylic acids is 1. The molecule has 0 spiro atoms. The Morgan fingerprint density at radius 1 is 1.22 bits per heavy atom. The molecule has 1 heterocycles. The Labute approximate surface area is 136 Å². The first-order valence-electron chi connectivity index (χ1n) is 7.78. The number of para-hydroxylation sites is 1. The molecule has 0 aliphatic heterocycles. The van der Waals surface area contributed by atoms with Gasteiger partial charge in [-0.15, -0.1) is 6.58 Å². The van der Waals surface area contributed by atoms with E-state index >= 15 is 0 Å². The Morgan fingerprint density at radius 2 is 1.91 bits per heavy atom. The minimum absolute atomic E-state index is 0.232. The highest BCUT2D eigenvalue weighted by Gasteiger charge is 2.13. The van der Waals surface area contributed by atoms with E-state index in [0.29, 0.717) is 18.1 Å². The minimum atomic E-state index is -0.232. The molecule has 1 amide bonds.